The van der Waals surface area contributed by atoms with Gasteiger partial charge < -0.3 is 19.7 Å². The summed E-state index contributed by atoms with van der Waals surface area (Å²) in [4.78, 5) is 36.0. The number of aromatic nitrogens is 1. The van der Waals surface area contributed by atoms with Crippen LogP contribution in [-0.2, 0) is 19.7 Å². The standard InChI is InChI=1S/C34H44N4O3/c1-26(2)38(27(3)4)24-34(25-39,29-14-11-17-35-21-29)32(28-12-7-5-8-13-28)20-33(40)36-22-31-23-37(18-19-41-31)30-15-9-6-10-16-30/h5-17,21,25-27,31-32H,18-20,22-24H2,1-4H3,(H,36,40). The van der Waals surface area contributed by atoms with Gasteiger partial charge in [-0.25, -0.2) is 0 Å². The van der Waals surface area contributed by atoms with Gasteiger partial charge in [-0.2, -0.15) is 0 Å². The Balaban J connectivity index is 1.59. The van der Waals surface area contributed by atoms with Crippen LogP contribution in [0.2, 0.25) is 0 Å². The molecule has 3 unspecified atom stereocenters. The molecule has 1 saturated heterocycles. The first kappa shape index (κ1) is 30.4. The number of nitrogens with zero attached hydrogens (tertiary/aromatic N) is 3. The minimum atomic E-state index is -0.979. The molecule has 1 aliphatic rings. The molecule has 2 aromatic carbocycles. The molecule has 0 saturated carbocycles. The Hall–Kier alpha value is -3.55. The summed E-state index contributed by atoms with van der Waals surface area (Å²) in [6.45, 7) is 11.6. The zero-order chi connectivity index (χ0) is 29.2. The molecule has 1 N–H and O–H groups in total. The first-order chi connectivity index (χ1) is 19.8. The maximum atomic E-state index is 13.6. The molecule has 3 atom stereocenters. The molecule has 1 aromatic heterocycles. The number of anilines is 1. The van der Waals surface area contributed by atoms with Crippen LogP contribution in [-0.4, -0.2) is 73.1 Å². The molecule has 3 aromatic rings. The third-order valence-electron chi connectivity index (χ3n) is 8.18. The van der Waals surface area contributed by atoms with E-state index < -0.39 is 11.3 Å². The van der Waals surface area contributed by atoms with E-state index in [2.05, 4.69) is 59.9 Å². The van der Waals surface area contributed by atoms with Gasteiger partial charge in [-0.1, -0.05) is 54.6 Å². The molecule has 4 rings (SSSR count). The van der Waals surface area contributed by atoms with Gasteiger partial charge in [0.05, 0.1) is 18.1 Å². The van der Waals surface area contributed by atoms with E-state index in [4.69, 9.17) is 4.74 Å². The highest BCUT2D eigenvalue weighted by atomic mass is 16.5. The Bertz CT molecular complexity index is 1210. The van der Waals surface area contributed by atoms with E-state index in [0.717, 1.165) is 29.6 Å². The predicted molar refractivity (Wildman–Crippen MR) is 164 cm³/mol. The van der Waals surface area contributed by atoms with Crippen molar-refractivity contribution in [1.82, 2.24) is 15.2 Å². The van der Waals surface area contributed by atoms with Crippen molar-refractivity contribution >= 4 is 17.9 Å². The summed E-state index contributed by atoms with van der Waals surface area (Å²) in [5, 5.41) is 3.14. The lowest BCUT2D eigenvalue weighted by atomic mass is 9.66. The fourth-order valence-corrected chi connectivity index (χ4v) is 5.98. The van der Waals surface area contributed by atoms with Gasteiger partial charge in [-0.15, -0.1) is 0 Å². The topological polar surface area (TPSA) is 74.8 Å². The predicted octanol–water partition coefficient (Wildman–Crippen LogP) is 4.83. The lowest BCUT2D eigenvalue weighted by molar-refractivity contribution is -0.123. The van der Waals surface area contributed by atoms with Crippen molar-refractivity contribution in [3.8, 4) is 0 Å². The molecule has 41 heavy (non-hydrogen) atoms. The van der Waals surface area contributed by atoms with Gasteiger partial charge in [0.1, 0.15) is 6.29 Å². The Kier molecular flexibility index (Phi) is 10.7. The SMILES string of the molecule is CC(C)N(CC(C=O)(c1cccnc1)C(CC(=O)NCC1CN(c2ccccc2)CCO1)c1ccccc1)C(C)C. The fraction of sp³-hybridized carbons (Fsp3) is 0.441. The van der Waals surface area contributed by atoms with Gasteiger partial charge in [0.25, 0.3) is 0 Å². The average molecular weight is 557 g/mol. The first-order valence-corrected chi connectivity index (χ1v) is 14.7. The van der Waals surface area contributed by atoms with Crippen molar-refractivity contribution in [3.05, 3.63) is 96.3 Å². The molecule has 0 aliphatic carbocycles. The first-order valence-electron chi connectivity index (χ1n) is 14.7. The Labute approximate surface area is 244 Å². The van der Waals surface area contributed by atoms with Crippen molar-refractivity contribution in [1.29, 1.82) is 0 Å². The van der Waals surface area contributed by atoms with Crippen molar-refractivity contribution in [2.75, 3.05) is 37.7 Å². The Morgan fingerprint density at radius 1 is 1.05 bits per heavy atom. The van der Waals surface area contributed by atoms with Gasteiger partial charge in [-0.3, -0.25) is 14.7 Å². The highest BCUT2D eigenvalue weighted by molar-refractivity contribution is 5.80. The van der Waals surface area contributed by atoms with E-state index in [-0.39, 0.29) is 30.5 Å². The molecule has 2 heterocycles. The number of morpholine rings is 1. The summed E-state index contributed by atoms with van der Waals surface area (Å²) in [6, 6.07) is 24.5. The minimum Gasteiger partial charge on any atom is -0.373 e. The molecule has 0 bridgehead atoms. The van der Waals surface area contributed by atoms with E-state index in [1.807, 2.05) is 60.7 Å². The number of para-hydroxylation sites is 1. The number of aldehydes is 1. The highest BCUT2D eigenvalue weighted by Crippen LogP contribution is 2.41. The van der Waals surface area contributed by atoms with Gasteiger partial charge in [0.15, 0.2) is 0 Å². The largest absolute Gasteiger partial charge is 0.373 e. The van der Waals surface area contributed by atoms with Crippen LogP contribution in [0.3, 0.4) is 0 Å². The van der Waals surface area contributed by atoms with Crippen LogP contribution < -0.4 is 10.2 Å². The maximum absolute atomic E-state index is 13.6. The van der Waals surface area contributed by atoms with Crippen LogP contribution in [0.5, 0.6) is 0 Å². The van der Waals surface area contributed by atoms with E-state index >= 15 is 0 Å². The highest BCUT2D eigenvalue weighted by Gasteiger charge is 2.44. The van der Waals surface area contributed by atoms with Gasteiger partial charge in [0.2, 0.25) is 5.91 Å². The van der Waals surface area contributed by atoms with Crippen molar-refractivity contribution in [2.24, 2.45) is 0 Å². The summed E-state index contributed by atoms with van der Waals surface area (Å²) in [7, 11) is 0. The fourth-order valence-electron chi connectivity index (χ4n) is 5.98. The molecule has 7 nitrogen and oxygen atoms in total. The number of nitrogens with one attached hydrogen (secondary N) is 1. The number of ether oxygens (including phenoxy) is 1. The second-order valence-electron chi connectivity index (χ2n) is 11.5. The normalized spacial score (nSPS) is 17.8. The van der Waals surface area contributed by atoms with Crippen molar-refractivity contribution < 1.29 is 14.3 Å². The van der Waals surface area contributed by atoms with E-state index in [0.29, 0.717) is 26.2 Å². The van der Waals surface area contributed by atoms with E-state index in [9.17, 15) is 9.59 Å². The summed E-state index contributed by atoms with van der Waals surface area (Å²) >= 11 is 0. The molecule has 1 fully saturated rings. The third-order valence-corrected chi connectivity index (χ3v) is 8.18. The Morgan fingerprint density at radius 2 is 1.73 bits per heavy atom. The number of benzene rings is 2. The molecule has 7 heteroatoms. The number of carbonyl (C=O) groups excluding carboxylic acids is 2. The molecule has 1 aliphatic heterocycles. The van der Waals surface area contributed by atoms with Gasteiger partial charge in [-0.05, 0) is 57.0 Å². The molecule has 0 radical (unpaired) electrons. The van der Waals surface area contributed by atoms with Crippen LogP contribution in [0, 0.1) is 0 Å². The van der Waals surface area contributed by atoms with E-state index in [1.165, 1.54) is 0 Å². The van der Waals surface area contributed by atoms with Crippen LogP contribution in [0.4, 0.5) is 5.69 Å². The quantitative estimate of drug-likeness (QED) is 0.304. The summed E-state index contributed by atoms with van der Waals surface area (Å²) in [6.07, 6.45) is 4.59. The number of rotatable bonds is 13. The maximum Gasteiger partial charge on any atom is 0.220 e. The molecular formula is C34H44N4O3. The summed E-state index contributed by atoms with van der Waals surface area (Å²) in [5.74, 6) is -0.492. The monoisotopic (exact) mass is 556 g/mol. The zero-order valence-corrected chi connectivity index (χ0v) is 24.8. The number of carbonyl (C=O) groups is 2. The lowest BCUT2D eigenvalue weighted by Crippen LogP contribution is -2.52. The van der Waals surface area contributed by atoms with Gasteiger partial charge in [0, 0.05) is 68.7 Å². The third kappa shape index (κ3) is 7.60. The van der Waals surface area contributed by atoms with Crippen LogP contribution >= 0.6 is 0 Å². The minimum absolute atomic E-state index is 0.102. The van der Waals surface area contributed by atoms with E-state index in [1.54, 1.807) is 12.4 Å². The molecule has 218 valence electrons. The smallest absolute Gasteiger partial charge is 0.220 e. The van der Waals surface area contributed by atoms with Crippen molar-refractivity contribution in [3.63, 3.8) is 0 Å². The van der Waals surface area contributed by atoms with Crippen molar-refractivity contribution in [2.45, 2.75) is 63.6 Å². The molecule has 1 amide bonds. The second kappa shape index (κ2) is 14.4. The summed E-state index contributed by atoms with van der Waals surface area (Å²) in [5.41, 5.74) is 1.95. The average Bonchev–Trinajstić information content (AvgIpc) is 3.01. The van der Waals surface area contributed by atoms with Crippen LogP contribution in [0.15, 0.2) is 85.2 Å². The number of hydrogen-bond acceptors (Lipinski definition) is 6. The summed E-state index contributed by atoms with van der Waals surface area (Å²) < 4.78 is 6.01. The van der Waals surface area contributed by atoms with Gasteiger partial charge >= 0.3 is 0 Å². The lowest BCUT2D eigenvalue weighted by Gasteiger charge is -2.43. The zero-order valence-electron chi connectivity index (χ0n) is 24.8. The molecular weight excluding hydrogens is 512 g/mol. The number of pyridine rings is 1. The Morgan fingerprint density at radius 3 is 2.34 bits per heavy atom. The van der Waals surface area contributed by atoms with Crippen LogP contribution in [0.25, 0.3) is 0 Å². The second-order valence-corrected chi connectivity index (χ2v) is 11.5. The molecule has 0 spiro atoms. The van der Waals surface area contributed by atoms with Crippen LogP contribution in [0.1, 0.15) is 51.2 Å². The number of amides is 1. The number of hydrogen-bond donors (Lipinski definition) is 1.